The number of hydrogen-bond donors (Lipinski definition) is 1. The van der Waals surface area contributed by atoms with Gasteiger partial charge in [-0.25, -0.2) is 0 Å². The van der Waals surface area contributed by atoms with E-state index in [4.69, 9.17) is 0 Å². The molecule has 0 aromatic carbocycles. The average molecular weight is 126 g/mol. The molecule has 1 N–H and O–H groups in total. The molecule has 1 heteroatoms. The van der Waals surface area contributed by atoms with E-state index in [0.717, 1.165) is 12.8 Å². The highest BCUT2D eigenvalue weighted by molar-refractivity contribution is 5.07. The summed E-state index contributed by atoms with van der Waals surface area (Å²) in [4.78, 5) is 0. The molecule has 0 saturated heterocycles. The van der Waals surface area contributed by atoms with Gasteiger partial charge in [-0.15, -0.1) is 0 Å². The van der Waals surface area contributed by atoms with Crippen LogP contribution in [0.4, 0.5) is 0 Å². The summed E-state index contributed by atoms with van der Waals surface area (Å²) in [5, 5.41) is 9.71. The first kappa shape index (κ1) is 6.81. The minimum absolute atomic E-state index is 0.350. The molecule has 0 heterocycles. The standard InChI is InChI=1S/C8H14O/c1-3-8(9)6-4-5-7(8)2/h4-5,7,9H,3,6H2,1-2H3. The van der Waals surface area contributed by atoms with E-state index in [2.05, 4.69) is 19.1 Å². The zero-order valence-electron chi connectivity index (χ0n) is 6.09. The summed E-state index contributed by atoms with van der Waals surface area (Å²) in [5.41, 5.74) is -0.417. The third kappa shape index (κ3) is 1.01. The van der Waals surface area contributed by atoms with E-state index >= 15 is 0 Å². The normalized spacial score (nSPS) is 41.9. The second kappa shape index (κ2) is 2.14. The lowest BCUT2D eigenvalue weighted by Gasteiger charge is -2.25. The second-order valence-electron chi connectivity index (χ2n) is 2.88. The highest BCUT2D eigenvalue weighted by Crippen LogP contribution is 2.31. The van der Waals surface area contributed by atoms with Crippen LogP contribution in [0.5, 0.6) is 0 Å². The first-order chi connectivity index (χ1) is 4.19. The van der Waals surface area contributed by atoms with Gasteiger partial charge in [0.1, 0.15) is 0 Å². The SMILES string of the molecule is CCC1(O)CC=CC1C. The molecule has 0 aliphatic heterocycles. The van der Waals surface area contributed by atoms with Crippen LogP contribution in [0.25, 0.3) is 0 Å². The maximum atomic E-state index is 9.71. The molecule has 0 radical (unpaired) electrons. The van der Waals surface area contributed by atoms with Gasteiger partial charge in [0.05, 0.1) is 5.60 Å². The molecule has 2 unspecified atom stereocenters. The molecule has 0 saturated carbocycles. The Morgan fingerprint density at radius 1 is 1.78 bits per heavy atom. The van der Waals surface area contributed by atoms with Crippen LogP contribution in [0, 0.1) is 5.92 Å². The summed E-state index contributed by atoms with van der Waals surface area (Å²) in [6.07, 6.45) is 5.85. The van der Waals surface area contributed by atoms with Crippen LogP contribution >= 0.6 is 0 Å². The van der Waals surface area contributed by atoms with Gasteiger partial charge in [-0.1, -0.05) is 26.0 Å². The van der Waals surface area contributed by atoms with Gasteiger partial charge < -0.3 is 5.11 Å². The molecule has 1 nitrogen and oxygen atoms in total. The summed E-state index contributed by atoms with van der Waals surface area (Å²) >= 11 is 0. The molecule has 0 aromatic rings. The van der Waals surface area contributed by atoms with Crippen LogP contribution in [0.15, 0.2) is 12.2 Å². The molecule has 1 rings (SSSR count). The first-order valence-electron chi connectivity index (χ1n) is 3.58. The predicted molar refractivity (Wildman–Crippen MR) is 38.2 cm³/mol. The highest BCUT2D eigenvalue weighted by Gasteiger charge is 2.32. The van der Waals surface area contributed by atoms with Crippen LogP contribution in [-0.2, 0) is 0 Å². The van der Waals surface area contributed by atoms with Crippen molar-refractivity contribution in [2.45, 2.75) is 32.3 Å². The second-order valence-corrected chi connectivity index (χ2v) is 2.88. The number of aliphatic hydroxyl groups is 1. The Balaban J connectivity index is 2.62. The number of hydrogen-bond acceptors (Lipinski definition) is 1. The van der Waals surface area contributed by atoms with Gasteiger partial charge in [0, 0.05) is 5.92 Å². The molecule has 0 fully saturated rings. The Hall–Kier alpha value is -0.300. The van der Waals surface area contributed by atoms with Crippen LogP contribution in [-0.4, -0.2) is 10.7 Å². The molecule has 1 aliphatic carbocycles. The van der Waals surface area contributed by atoms with Crippen LogP contribution < -0.4 is 0 Å². The molecular formula is C8H14O. The van der Waals surface area contributed by atoms with Gasteiger partial charge in [-0.05, 0) is 12.8 Å². The van der Waals surface area contributed by atoms with Gasteiger partial charge in [0.2, 0.25) is 0 Å². The lowest BCUT2D eigenvalue weighted by Crippen LogP contribution is -2.30. The Labute approximate surface area is 56.4 Å². The van der Waals surface area contributed by atoms with Crippen molar-refractivity contribution in [3.63, 3.8) is 0 Å². The lowest BCUT2D eigenvalue weighted by molar-refractivity contribution is 0.0139. The van der Waals surface area contributed by atoms with Gasteiger partial charge in [0.15, 0.2) is 0 Å². The van der Waals surface area contributed by atoms with E-state index in [1.807, 2.05) is 6.92 Å². The minimum atomic E-state index is -0.417. The third-order valence-electron chi connectivity index (χ3n) is 2.36. The highest BCUT2D eigenvalue weighted by atomic mass is 16.3. The molecule has 9 heavy (non-hydrogen) atoms. The molecule has 0 amide bonds. The van der Waals surface area contributed by atoms with Gasteiger partial charge in [-0.3, -0.25) is 0 Å². The van der Waals surface area contributed by atoms with Crippen LogP contribution in [0.3, 0.4) is 0 Å². The molecule has 0 spiro atoms. The van der Waals surface area contributed by atoms with E-state index in [0.29, 0.717) is 5.92 Å². The van der Waals surface area contributed by atoms with Crippen molar-refractivity contribution in [3.05, 3.63) is 12.2 Å². The zero-order chi connectivity index (χ0) is 6.91. The van der Waals surface area contributed by atoms with Crippen molar-refractivity contribution in [2.75, 3.05) is 0 Å². The van der Waals surface area contributed by atoms with E-state index in [-0.39, 0.29) is 0 Å². The molecule has 52 valence electrons. The Morgan fingerprint density at radius 2 is 2.44 bits per heavy atom. The summed E-state index contributed by atoms with van der Waals surface area (Å²) < 4.78 is 0. The smallest absolute Gasteiger partial charge is 0.0739 e. The maximum absolute atomic E-state index is 9.71. The molecule has 0 aromatic heterocycles. The van der Waals surface area contributed by atoms with Crippen molar-refractivity contribution in [1.29, 1.82) is 0 Å². The third-order valence-corrected chi connectivity index (χ3v) is 2.36. The van der Waals surface area contributed by atoms with E-state index < -0.39 is 5.60 Å². The van der Waals surface area contributed by atoms with Crippen LogP contribution in [0.1, 0.15) is 26.7 Å². The molecular weight excluding hydrogens is 112 g/mol. The molecule has 0 bridgehead atoms. The fourth-order valence-corrected chi connectivity index (χ4v) is 1.31. The zero-order valence-corrected chi connectivity index (χ0v) is 6.09. The quantitative estimate of drug-likeness (QED) is 0.530. The van der Waals surface area contributed by atoms with E-state index in [1.165, 1.54) is 0 Å². The maximum Gasteiger partial charge on any atom is 0.0739 e. The Bertz CT molecular complexity index is 129. The van der Waals surface area contributed by atoms with E-state index in [1.54, 1.807) is 0 Å². The Kier molecular flexibility index (Phi) is 1.62. The fraction of sp³-hybridized carbons (Fsp3) is 0.750. The fourth-order valence-electron chi connectivity index (χ4n) is 1.31. The van der Waals surface area contributed by atoms with Gasteiger partial charge in [-0.2, -0.15) is 0 Å². The van der Waals surface area contributed by atoms with Crippen molar-refractivity contribution in [1.82, 2.24) is 0 Å². The van der Waals surface area contributed by atoms with Crippen molar-refractivity contribution in [2.24, 2.45) is 5.92 Å². The van der Waals surface area contributed by atoms with Crippen molar-refractivity contribution >= 4 is 0 Å². The van der Waals surface area contributed by atoms with Gasteiger partial charge in [0.25, 0.3) is 0 Å². The summed E-state index contributed by atoms with van der Waals surface area (Å²) in [6, 6.07) is 0. The van der Waals surface area contributed by atoms with Crippen molar-refractivity contribution in [3.8, 4) is 0 Å². The molecule has 1 aliphatic rings. The van der Waals surface area contributed by atoms with E-state index in [9.17, 15) is 5.11 Å². The van der Waals surface area contributed by atoms with Crippen molar-refractivity contribution < 1.29 is 5.11 Å². The summed E-state index contributed by atoms with van der Waals surface area (Å²) in [7, 11) is 0. The predicted octanol–water partition coefficient (Wildman–Crippen LogP) is 1.72. The summed E-state index contributed by atoms with van der Waals surface area (Å²) in [5.74, 6) is 0.350. The topological polar surface area (TPSA) is 20.2 Å². The first-order valence-corrected chi connectivity index (χ1v) is 3.58. The van der Waals surface area contributed by atoms with Crippen LogP contribution in [0.2, 0.25) is 0 Å². The Morgan fingerprint density at radius 3 is 2.67 bits per heavy atom. The minimum Gasteiger partial charge on any atom is -0.389 e. The average Bonchev–Trinajstić information content (AvgIpc) is 2.15. The van der Waals surface area contributed by atoms with Gasteiger partial charge >= 0.3 is 0 Å². The monoisotopic (exact) mass is 126 g/mol. The molecule has 2 atom stereocenters. The number of rotatable bonds is 1. The largest absolute Gasteiger partial charge is 0.389 e. The lowest BCUT2D eigenvalue weighted by atomic mass is 9.89. The summed E-state index contributed by atoms with van der Waals surface area (Å²) in [6.45, 7) is 4.09.